The van der Waals surface area contributed by atoms with Gasteiger partial charge in [0.15, 0.2) is 0 Å². The molecule has 0 fully saturated rings. The molecule has 4 nitrogen and oxygen atoms in total. The lowest BCUT2D eigenvalue weighted by Crippen LogP contribution is -2.46. The van der Waals surface area contributed by atoms with Gasteiger partial charge in [0.2, 0.25) is 5.91 Å². The summed E-state index contributed by atoms with van der Waals surface area (Å²) in [5.41, 5.74) is 8.14. The minimum Gasteiger partial charge on any atom is -0.495 e. The molecule has 1 aromatic carbocycles. The van der Waals surface area contributed by atoms with Crippen LogP contribution in [-0.4, -0.2) is 25.6 Å². The molecule has 0 saturated heterocycles. The summed E-state index contributed by atoms with van der Waals surface area (Å²) < 4.78 is 5.42. The third-order valence-electron chi connectivity index (χ3n) is 3.85. The summed E-state index contributed by atoms with van der Waals surface area (Å²) in [6.07, 6.45) is 4.75. The number of nitrogens with two attached hydrogens (primary N) is 1. The molecule has 1 aromatic rings. The van der Waals surface area contributed by atoms with Crippen molar-refractivity contribution in [2.24, 2.45) is 5.73 Å². The number of nitrogens with zero attached hydrogens (tertiary/aromatic N) is 1. The standard InChI is InChI=1S/C16H24N2O2/c1-3-4-9-13(17)16(19)18-11-6-8-12-7-5-10-14(20-2)15(12)18/h5,7,10,13H,3-4,6,8-9,11,17H2,1-2H3. The summed E-state index contributed by atoms with van der Waals surface area (Å²) in [6.45, 7) is 2.84. The predicted octanol–water partition coefficient (Wildman–Crippen LogP) is 2.49. The maximum absolute atomic E-state index is 12.6. The number of fused-ring (bicyclic) bond motifs is 1. The second-order valence-electron chi connectivity index (χ2n) is 5.31. The van der Waals surface area contributed by atoms with E-state index in [1.165, 1.54) is 5.56 Å². The maximum atomic E-state index is 12.6. The number of unbranched alkanes of at least 4 members (excludes halogenated alkanes) is 1. The van der Waals surface area contributed by atoms with Gasteiger partial charge in [-0.2, -0.15) is 0 Å². The van der Waals surface area contributed by atoms with Crippen molar-refractivity contribution < 1.29 is 9.53 Å². The van der Waals surface area contributed by atoms with Gasteiger partial charge in [-0.25, -0.2) is 0 Å². The van der Waals surface area contributed by atoms with Crippen molar-refractivity contribution in [3.8, 4) is 5.75 Å². The first kappa shape index (κ1) is 14.9. The number of benzene rings is 1. The van der Waals surface area contributed by atoms with E-state index in [-0.39, 0.29) is 5.91 Å². The average Bonchev–Trinajstić information content (AvgIpc) is 2.50. The Bertz CT molecular complexity index is 459. The Morgan fingerprint density at radius 3 is 3.00 bits per heavy atom. The van der Waals surface area contributed by atoms with E-state index in [2.05, 4.69) is 13.0 Å². The number of carbonyl (C=O) groups excluding carboxylic acids is 1. The molecule has 0 spiro atoms. The monoisotopic (exact) mass is 276 g/mol. The van der Waals surface area contributed by atoms with Crippen LogP contribution >= 0.6 is 0 Å². The molecule has 1 aliphatic heterocycles. The largest absolute Gasteiger partial charge is 0.495 e. The zero-order valence-electron chi connectivity index (χ0n) is 12.4. The minimum atomic E-state index is -0.411. The molecule has 1 atom stereocenters. The topological polar surface area (TPSA) is 55.6 Å². The maximum Gasteiger partial charge on any atom is 0.244 e. The van der Waals surface area contributed by atoms with Gasteiger partial charge in [0.05, 0.1) is 18.8 Å². The van der Waals surface area contributed by atoms with Crippen LogP contribution in [0.3, 0.4) is 0 Å². The summed E-state index contributed by atoms with van der Waals surface area (Å²) in [7, 11) is 1.64. The first-order valence-electron chi connectivity index (χ1n) is 7.41. The molecule has 1 amide bonds. The molecule has 4 heteroatoms. The summed E-state index contributed by atoms with van der Waals surface area (Å²) in [5, 5.41) is 0. The smallest absolute Gasteiger partial charge is 0.244 e. The Kier molecular flexibility index (Phi) is 5.01. The molecule has 20 heavy (non-hydrogen) atoms. The molecule has 0 aliphatic carbocycles. The Hall–Kier alpha value is -1.55. The highest BCUT2D eigenvalue weighted by molar-refractivity contribution is 5.99. The molecule has 2 N–H and O–H groups in total. The molecule has 0 aromatic heterocycles. The molecule has 1 heterocycles. The highest BCUT2D eigenvalue weighted by Gasteiger charge is 2.28. The quantitative estimate of drug-likeness (QED) is 0.899. The fraction of sp³-hybridized carbons (Fsp3) is 0.562. The Morgan fingerprint density at radius 1 is 1.50 bits per heavy atom. The van der Waals surface area contributed by atoms with E-state index in [1.807, 2.05) is 17.0 Å². The molecule has 1 aliphatic rings. The summed E-state index contributed by atoms with van der Waals surface area (Å²) in [6, 6.07) is 5.53. The van der Waals surface area contributed by atoms with E-state index in [9.17, 15) is 4.79 Å². The van der Waals surface area contributed by atoms with Crippen LogP contribution in [0.4, 0.5) is 5.69 Å². The van der Waals surface area contributed by atoms with E-state index in [0.717, 1.165) is 50.1 Å². The van der Waals surface area contributed by atoms with Crippen LogP contribution in [0, 0.1) is 0 Å². The van der Waals surface area contributed by atoms with Crippen LogP contribution < -0.4 is 15.4 Å². The van der Waals surface area contributed by atoms with Crippen molar-refractivity contribution in [1.29, 1.82) is 0 Å². The van der Waals surface area contributed by atoms with Gasteiger partial charge in [-0.1, -0.05) is 31.9 Å². The molecule has 0 radical (unpaired) electrons. The van der Waals surface area contributed by atoms with Crippen LogP contribution in [0.25, 0.3) is 0 Å². The minimum absolute atomic E-state index is 0.0175. The van der Waals surface area contributed by atoms with Crippen molar-refractivity contribution >= 4 is 11.6 Å². The molecule has 1 unspecified atom stereocenters. The first-order valence-corrected chi connectivity index (χ1v) is 7.41. The number of ether oxygens (including phenoxy) is 1. The van der Waals surface area contributed by atoms with E-state index in [4.69, 9.17) is 10.5 Å². The van der Waals surface area contributed by atoms with Crippen molar-refractivity contribution in [3.05, 3.63) is 23.8 Å². The SMILES string of the molecule is CCCCC(N)C(=O)N1CCCc2cccc(OC)c21. The first-order chi connectivity index (χ1) is 9.69. The number of amides is 1. The number of para-hydroxylation sites is 1. The Balaban J connectivity index is 2.25. The van der Waals surface area contributed by atoms with Crippen LogP contribution in [0.2, 0.25) is 0 Å². The van der Waals surface area contributed by atoms with Crippen LogP contribution in [0.1, 0.15) is 38.2 Å². The number of hydrogen-bond acceptors (Lipinski definition) is 3. The molecule has 2 rings (SSSR count). The molecule has 0 bridgehead atoms. The van der Waals surface area contributed by atoms with E-state index >= 15 is 0 Å². The third kappa shape index (κ3) is 2.96. The zero-order valence-corrected chi connectivity index (χ0v) is 12.4. The van der Waals surface area contributed by atoms with Gasteiger partial charge in [0, 0.05) is 6.54 Å². The van der Waals surface area contributed by atoms with Gasteiger partial charge in [-0.05, 0) is 30.9 Å². The molecule has 0 saturated carbocycles. The van der Waals surface area contributed by atoms with Gasteiger partial charge in [-0.3, -0.25) is 4.79 Å². The number of hydrogen-bond donors (Lipinski definition) is 1. The summed E-state index contributed by atoms with van der Waals surface area (Å²) in [5.74, 6) is 0.780. The molecular formula is C16H24N2O2. The van der Waals surface area contributed by atoms with E-state index in [1.54, 1.807) is 7.11 Å². The fourth-order valence-corrected chi connectivity index (χ4v) is 2.75. The lowest BCUT2D eigenvalue weighted by molar-refractivity contribution is -0.120. The number of rotatable bonds is 5. The van der Waals surface area contributed by atoms with Gasteiger partial charge < -0.3 is 15.4 Å². The number of methoxy groups -OCH3 is 1. The second-order valence-corrected chi connectivity index (χ2v) is 5.31. The highest BCUT2D eigenvalue weighted by atomic mass is 16.5. The van der Waals surface area contributed by atoms with Gasteiger partial charge in [0.25, 0.3) is 0 Å². The fourth-order valence-electron chi connectivity index (χ4n) is 2.75. The lowest BCUT2D eigenvalue weighted by Gasteiger charge is -2.32. The number of carbonyl (C=O) groups is 1. The predicted molar refractivity (Wildman–Crippen MR) is 81.2 cm³/mol. The Morgan fingerprint density at radius 2 is 2.30 bits per heavy atom. The van der Waals surface area contributed by atoms with Crippen molar-refractivity contribution in [3.63, 3.8) is 0 Å². The van der Waals surface area contributed by atoms with Gasteiger partial charge in [0.1, 0.15) is 5.75 Å². The van der Waals surface area contributed by atoms with Crippen LogP contribution in [0.15, 0.2) is 18.2 Å². The van der Waals surface area contributed by atoms with Crippen LogP contribution in [-0.2, 0) is 11.2 Å². The highest BCUT2D eigenvalue weighted by Crippen LogP contribution is 2.36. The summed E-state index contributed by atoms with van der Waals surface area (Å²) in [4.78, 5) is 14.4. The van der Waals surface area contributed by atoms with Crippen molar-refractivity contribution in [1.82, 2.24) is 0 Å². The normalized spacial score (nSPS) is 15.7. The lowest BCUT2D eigenvalue weighted by atomic mass is 9.99. The van der Waals surface area contributed by atoms with Gasteiger partial charge >= 0.3 is 0 Å². The van der Waals surface area contributed by atoms with E-state index < -0.39 is 6.04 Å². The van der Waals surface area contributed by atoms with Crippen molar-refractivity contribution in [2.45, 2.75) is 45.1 Å². The number of aryl methyl sites for hydroxylation is 1. The summed E-state index contributed by atoms with van der Waals surface area (Å²) >= 11 is 0. The number of anilines is 1. The van der Waals surface area contributed by atoms with Gasteiger partial charge in [-0.15, -0.1) is 0 Å². The zero-order chi connectivity index (χ0) is 14.5. The van der Waals surface area contributed by atoms with Crippen LogP contribution in [0.5, 0.6) is 5.75 Å². The third-order valence-corrected chi connectivity index (χ3v) is 3.85. The molecular weight excluding hydrogens is 252 g/mol. The second kappa shape index (κ2) is 6.75. The average molecular weight is 276 g/mol. The molecule has 110 valence electrons. The van der Waals surface area contributed by atoms with Crippen molar-refractivity contribution in [2.75, 3.05) is 18.6 Å². The Labute approximate surface area is 120 Å². The van der Waals surface area contributed by atoms with E-state index in [0.29, 0.717) is 0 Å².